The highest BCUT2D eigenvalue weighted by Gasteiger charge is 2.25. The van der Waals surface area contributed by atoms with E-state index < -0.39 is 0 Å². The van der Waals surface area contributed by atoms with Gasteiger partial charge in [-0.3, -0.25) is 16.3 Å². The highest BCUT2D eigenvalue weighted by Crippen LogP contribution is 2.32. The summed E-state index contributed by atoms with van der Waals surface area (Å²) in [5.74, 6) is 6.40. The van der Waals surface area contributed by atoms with Crippen LogP contribution in [0.2, 0.25) is 0 Å². The topological polar surface area (TPSA) is 60.2 Å². The Morgan fingerprint density at radius 1 is 1.29 bits per heavy atom. The van der Waals surface area contributed by atoms with Crippen molar-refractivity contribution in [1.82, 2.24) is 10.4 Å². The molecule has 96 valence electrons. The van der Waals surface area contributed by atoms with E-state index in [2.05, 4.69) is 31.2 Å². The van der Waals surface area contributed by atoms with Gasteiger partial charge in [-0.15, -0.1) is 0 Å². The molecule has 1 heterocycles. The number of hydrazine groups is 1. The van der Waals surface area contributed by atoms with Gasteiger partial charge in [-0.2, -0.15) is 0 Å². The summed E-state index contributed by atoms with van der Waals surface area (Å²) in [6.07, 6.45) is 3.69. The normalized spacial score (nSPS) is 13.8. The average Bonchev–Trinajstić information content (AvgIpc) is 2.15. The van der Waals surface area contributed by atoms with E-state index in [0.29, 0.717) is 0 Å². The van der Waals surface area contributed by atoms with Gasteiger partial charge in [0.05, 0.1) is 18.3 Å². The standard InChI is InChI=1S/C13H23N3O/c1-9(2)17-11-6-10(7-15-8-11)12(16-14)13(3,4)5/h6-9,12,16H,14H2,1-5H3. The lowest BCUT2D eigenvalue weighted by Crippen LogP contribution is -2.36. The maximum atomic E-state index is 5.63. The first-order valence-corrected chi connectivity index (χ1v) is 5.92. The van der Waals surface area contributed by atoms with Crippen LogP contribution in [0.3, 0.4) is 0 Å². The van der Waals surface area contributed by atoms with Gasteiger partial charge in [-0.25, -0.2) is 0 Å². The van der Waals surface area contributed by atoms with Crippen molar-refractivity contribution in [3.8, 4) is 5.75 Å². The Hall–Kier alpha value is -1.13. The Kier molecular flexibility index (Phi) is 4.48. The van der Waals surface area contributed by atoms with Gasteiger partial charge < -0.3 is 4.74 Å². The Labute approximate surface area is 104 Å². The third-order valence-electron chi connectivity index (χ3n) is 2.47. The summed E-state index contributed by atoms with van der Waals surface area (Å²) in [6.45, 7) is 10.4. The number of aromatic nitrogens is 1. The van der Waals surface area contributed by atoms with Crippen molar-refractivity contribution in [2.75, 3.05) is 0 Å². The molecule has 0 saturated carbocycles. The van der Waals surface area contributed by atoms with Crippen molar-refractivity contribution in [2.45, 2.75) is 46.8 Å². The number of pyridine rings is 1. The van der Waals surface area contributed by atoms with Crippen molar-refractivity contribution in [3.63, 3.8) is 0 Å². The molecule has 0 radical (unpaired) electrons. The van der Waals surface area contributed by atoms with Crippen molar-refractivity contribution in [3.05, 3.63) is 24.0 Å². The first-order valence-electron chi connectivity index (χ1n) is 5.92. The Balaban J connectivity index is 2.97. The number of nitrogens with one attached hydrogen (secondary N) is 1. The minimum Gasteiger partial charge on any atom is -0.489 e. The predicted molar refractivity (Wildman–Crippen MR) is 69.5 cm³/mol. The van der Waals surface area contributed by atoms with Gasteiger partial charge in [0.15, 0.2) is 0 Å². The van der Waals surface area contributed by atoms with E-state index in [9.17, 15) is 0 Å². The number of hydrogen-bond donors (Lipinski definition) is 2. The SMILES string of the molecule is CC(C)Oc1cncc(C(NN)C(C)(C)C)c1. The summed E-state index contributed by atoms with van der Waals surface area (Å²) in [5, 5.41) is 0. The second-order valence-corrected chi connectivity index (χ2v) is 5.59. The summed E-state index contributed by atoms with van der Waals surface area (Å²) in [6, 6.07) is 2.04. The number of nitrogens with two attached hydrogens (primary N) is 1. The summed E-state index contributed by atoms with van der Waals surface area (Å²) in [5.41, 5.74) is 3.90. The second-order valence-electron chi connectivity index (χ2n) is 5.59. The number of hydrogen-bond acceptors (Lipinski definition) is 4. The largest absolute Gasteiger partial charge is 0.489 e. The molecule has 4 nitrogen and oxygen atoms in total. The monoisotopic (exact) mass is 237 g/mol. The first-order chi connectivity index (χ1) is 7.84. The molecule has 0 aromatic carbocycles. The Morgan fingerprint density at radius 3 is 2.41 bits per heavy atom. The van der Waals surface area contributed by atoms with E-state index in [1.807, 2.05) is 26.1 Å². The Morgan fingerprint density at radius 2 is 1.94 bits per heavy atom. The first kappa shape index (κ1) is 13.9. The van der Waals surface area contributed by atoms with E-state index in [1.165, 1.54) is 0 Å². The van der Waals surface area contributed by atoms with Crippen molar-refractivity contribution in [1.29, 1.82) is 0 Å². The lowest BCUT2D eigenvalue weighted by molar-refractivity contribution is 0.238. The van der Waals surface area contributed by atoms with Crippen molar-refractivity contribution < 1.29 is 4.74 Å². The van der Waals surface area contributed by atoms with Gasteiger partial charge in [0.2, 0.25) is 0 Å². The van der Waals surface area contributed by atoms with Crippen LogP contribution < -0.4 is 16.0 Å². The third kappa shape index (κ3) is 3.98. The van der Waals surface area contributed by atoms with Crippen LogP contribution in [0.1, 0.15) is 46.2 Å². The molecule has 1 aromatic rings. The second kappa shape index (κ2) is 5.47. The van der Waals surface area contributed by atoms with Gasteiger partial charge in [0.1, 0.15) is 5.75 Å². The molecule has 0 aliphatic rings. The fourth-order valence-corrected chi connectivity index (χ4v) is 1.78. The van der Waals surface area contributed by atoms with Gasteiger partial charge >= 0.3 is 0 Å². The molecule has 17 heavy (non-hydrogen) atoms. The molecule has 1 atom stereocenters. The quantitative estimate of drug-likeness (QED) is 0.623. The molecule has 0 spiro atoms. The predicted octanol–water partition coefficient (Wildman–Crippen LogP) is 2.42. The lowest BCUT2D eigenvalue weighted by atomic mass is 9.83. The van der Waals surface area contributed by atoms with Crippen LogP contribution in [0, 0.1) is 5.41 Å². The van der Waals surface area contributed by atoms with Gasteiger partial charge in [0.25, 0.3) is 0 Å². The zero-order valence-corrected chi connectivity index (χ0v) is 11.3. The average molecular weight is 237 g/mol. The van der Waals surface area contributed by atoms with Crippen LogP contribution in [-0.2, 0) is 0 Å². The molecule has 0 bridgehead atoms. The number of ether oxygens (including phenoxy) is 1. The molecule has 1 aromatic heterocycles. The van der Waals surface area contributed by atoms with Gasteiger partial charge in [-0.1, -0.05) is 20.8 Å². The highest BCUT2D eigenvalue weighted by atomic mass is 16.5. The molecule has 0 fully saturated rings. The molecule has 1 unspecified atom stereocenters. The molecule has 0 aliphatic carbocycles. The Bertz CT molecular complexity index is 358. The summed E-state index contributed by atoms with van der Waals surface area (Å²) in [4.78, 5) is 4.20. The van der Waals surface area contributed by atoms with E-state index >= 15 is 0 Å². The van der Waals surface area contributed by atoms with Crippen LogP contribution in [0.5, 0.6) is 5.75 Å². The van der Waals surface area contributed by atoms with Gasteiger partial charge in [0, 0.05) is 6.20 Å². The number of nitrogens with zero attached hydrogens (tertiary/aromatic N) is 1. The molecule has 0 saturated heterocycles. The summed E-state index contributed by atoms with van der Waals surface area (Å²) >= 11 is 0. The minimum absolute atomic E-state index is 0.0207. The van der Waals surface area contributed by atoms with Crippen LogP contribution in [0.4, 0.5) is 0 Å². The zero-order chi connectivity index (χ0) is 13.1. The van der Waals surface area contributed by atoms with E-state index in [4.69, 9.17) is 10.6 Å². The molecule has 1 rings (SSSR count). The van der Waals surface area contributed by atoms with Gasteiger partial charge in [-0.05, 0) is 30.9 Å². The van der Waals surface area contributed by atoms with Crippen molar-refractivity contribution >= 4 is 0 Å². The molecular formula is C13H23N3O. The smallest absolute Gasteiger partial charge is 0.138 e. The maximum absolute atomic E-state index is 5.63. The lowest BCUT2D eigenvalue weighted by Gasteiger charge is -2.30. The van der Waals surface area contributed by atoms with E-state index in [1.54, 1.807) is 6.20 Å². The zero-order valence-electron chi connectivity index (χ0n) is 11.3. The maximum Gasteiger partial charge on any atom is 0.138 e. The highest BCUT2D eigenvalue weighted by molar-refractivity contribution is 5.27. The summed E-state index contributed by atoms with van der Waals surface area (Å²) in [7, 11) is 0. The molecular weight excluding hydrogens is 214 g/mol. The molecule has 4 heteroatoms. The van der Waals surface area contributed by atoms with Crippen LogP contribution in [0.15, 0.2) is 18.5 Å². The van der Waals surface area contributed by atoms with E-state index in [0.717, 1.165) is 11.3 Å². The van der Waals surface area contributed by atoms with Crippen molar-refractivity contribution in [2.24, 2.45) is 11.3 Å². The minimum atomic E-state index is 0.0207. The third-order valence-corrected chi connectivity index (χ3v) is 2.47. The fraction of sp³-hybridized carbons (Fsp3) is 0.615. The van der Waals surface area contributed by atoms with Crippen LogP contribution in [-0.4, -0.2) is 11.1 Å². The van der Waals surface area contributed by atoms with Crippen LogP contribution in [0.25, 0.3) is 0 Å². The van der Waals surface area contributed by atoms with Crippen LogP contribution >= 0.6 is 0 Å². The fourth-order valence-electron chi connectivity index (χ4n) is 1.78. The van der Waals surface area contributed by atoms with E-state index in [-0.39, 0.29) is 17.6 Å². The number of rotatable bonds is 4. The molecule has 0 amide bonds. The molecule has 3 N–H and O–H groups in total. The molecule has 0 aliphatic heterocycles. The summed E-state index contributed by atoms with van der Waals surface area (Å²) < 4.78 is 5.63.